The maximum atomic E-state index is 5.39. The quantitative estimate of drug-likeness (QED) is 0.361. The van der Waals surface area contributed by atoms with E-state index in [1.807, 2.05) is 11.8 Å². The average Bonchev–Trinajstić information content (AvgIpc) is 2.40. The molecule has 0 aromatic carbocycles. The van der Waals surface area contributed by atoms with E-state index >= 15 is 0 Å². The van der Waals surface area contributed by atoms with Crippen LogP contribution < -0.4 is 10.6 Å². The molecule has 2 N–H and O–H groups in total. The highest BCUT2D eigenvalue weighted by Gasteiger charge is 2.15. The molecule has 0 saturated carbocycles. The Balaban J connectivity index is 3.94. The summed E-state index contributed by atoms with van der Waals surface area (Å²) in [5.74, 6) is 0.847. The van der Waals surface area contributed by atoms with Crippen molar-refractivity contribution in [2.45, 2.75) is 25.5 Å². The van der Waals surface area contributed by atoms with E-state index in [4.69, 9.17) is 9.47 Å². The number of aliphatic imine (C=N–C) groups is 1. The van der Waals surface area contributed by atoms with Gasteiger partial charge in [0.15, 0.2) is 5.96 Å². The van der Waals surface area contributed by atoms with Crippen LogP contribution in [0.4, 0.5) is 0 Å². The maximum Gasteiger partial charge on any atom is 0.191 e. The predicted octanol–water partition coefficient (Wildman–Crippen LogP) is 1.35. The molecule has 0 spiro atoms. The molecule has 0 amide bonds. The zero-order valence-electron chi connectivity index (χ0n) is 12.9. The number of guanidine groups is 1. The van der Waals surface area contributed by atoms with E-state index < -0.39 is 0 Å². The zero-order valence-corrected chi connectivity index (χ0v) is 13.7. The summed E-state index contributed by atoms with van der Waals surface area (Å²) < 4.78 is 10.5. The molecule has 0 aromatic rings. The van der Waals surface area contributed by atoms with E-state index in [0.717, 1.165) is 25.6 Å². The highest BCUT2D eigenvalue weighted by atomic mass is 32.2. The van der Waals surface area contributed by atoms with Crippen molar-refractivity contribution in [2.75, 3.05) is 52.8 Å². The molecule has 0 aliphatic carbocycles. The van der Waals surface area contributed by atoms with Gasteiger partial charge in [-0.1, -0.05) is 0 Å². The number of ether oxygens (including phenoxy) is 2. The summed E-state index contributed by atoms with van der Waals surface area (Å²) in [5, 5.41) is 6.49. The molecule has 0 heterocycles. The van der Waals surface area contributed by atoms with Crippen LogP contribution in [0.5, 0.6) is 0 Å². The van der Waals surface area contributed by atoms with Gasteiger partial charge in [0.1, 0.15) is 0 Å². The molecule has 0 radical (unpaired) electrons. The van der Waals surface area contributed by atoms with E-state index in [9.17, 15) is 0 Å². The molecule has 0 rings (SSSR count). The summed E-state index contributed by atoms with van der Waals surface area (Å²) in [6.45, 7) is 10.8. The Bertz CT molecular complexity index is 248. The molecule has 0 atom stereocenters. The van der Waals surface area contributed by atoms with Gasteiger partial charge in [-0.15, -0.1) is 0 Å². The standard InChI is InChI=1S/C13H29N3O2S/c1-6-14-12(16-11-13(2,3)19-5)15-7-8-18-10-9-17-4/h6-11H2,1-5H3,(H2,14,15,16). The van der Waals surface area contributed by atoms with Crippen LogP contribution in [0.3, 0.4) is 0 Å². The lowest BCUT2D eigenvalue weighted by atomic mass is 10.2. The third-order valence-electron chi connectivity index (χ3n) is 2.49. The maximum absolute atomic E-state index is 5.39. The summed E-state index contributed by atoms with van der Waals surface area (Å²) in [6.07, 6.45) is 2.11. The van der Waals surface area contributed by atoms with Gasteiger partial charge in [0, 0.05) is 24.9 Å². The normalized spacial score (nSPS) is 12.6. The fraction of sp³-hybridized carbons (Fsp3) is 0.923. The molecule has 0 bridgehead atoms. The Morgan fingerprint density at radius 2 is 1.95 bits per heavy atom. The first-order chi connectivity index (χ1) is 9.05. The second-order valence-corrected chi connectivity index (χ2v) is 6.20. The number of hydrogen-bond acceptors (Lipinski definition) is 4. The van der Waals surface area contributed by atoms with Crippen LogP contribution in [0, 0.1) is 0 Å². The minimum atomic E-state index is 0.164. The average molecular weight is 291 g/mol. The van der Waals surface area contributed by atoms with Gasteiger partial charge in [-0.25, -0.2) is 0 Å². The molecule has 6 heteroatoms. The Labute approximate surface area is 121 Å². The highest BCUT2D eigenvalue weighted by molar-refractivity contribution is 7.99. The minimum absolute atomic E-state index is 0.164. The van der Waals surface area contributed by atoms with E-state index in [-0.39, 0.29) is 4.75 Å². The molecular formula is C13H29N3O2S. The van der Waals surface area contributed by atoms with Gasteiger partial charge in [0.05, 0.1) is 26.4 Å². The van der Waals surface area contributed by atoms with E-state index in [0.29, 0.717) is 19.8 Å². The Hall–Kier alpha value is -0.460. The topological polar surface area (TPSA) is 54.9 Å². The molecule has 5 nitrogen and oxygen atoms in total. The summed E-state index contributed by atoms with van der Waals surface area (Å²) in [7, 11) is 1.67. The van der Waals surface area contributed by atoms with Gasteiger partial charge >= 0.3 is 0 Å². The van der Waals surface area contributed by atoms with Crippen LogP contribution in [0.1, 0.15) is 20.8 Å². The smallest absolute Gasteiger partial charge is 0.191 e. The molecule has 0 aliphatic rings. The lowest BCUT2D eigenvalue weighted by molar-refractivity contribution is 0.0733. The zero-order chi connectivity index (χ0) is 14.6. The van der Waals surface area contributed by atoms with Crippen LogP contribution >= 0.6 is 11.8 Å². The Kier molecular flexibility index (Phi) is 11.1. The fourth-order valence-corrected chi connectivity index (χ4v) is 1.36. The van der Waals surface area contributed by atoms with Crippen LogP contribution in [-0.4, -0.2) is 63.5 Å². The number of rotatable bonds is 10. The lowest BCUT2D eigenvalue weighted by Gasteiger charge is -2.20. The molecule has 0 fully saturated rings. The number of nitrogens with one attached hydrogen (secondary N) is 2. The van der Waals surface area contributed by atoms with Gasteiger partial charge in [0.2, 0.25) is 0 Å². The van der Waals surface area contributed by atoms with Crippen molar-refractivity contribution in [1.29, 1.82) is 0 Å². The van der Waals surface area contributed by atoms with Crippen molar-refractivity contribution in [3.63, 3.8) is 0 Å². The SMILES string of the molecule is CCNC(=NCC(C)(C)SC)NCCOCCOC. The van der Waals surface area contributed by atoms with E-state index in [2.05, 4.69) is 42.7 Å². The van der Waals surface area contributed by atoms with Crippen molar-refractivity contribution in [3.8, 4) is 0 Å². The van der Waals surface area contributed by atoms with Crippen LogP contribution in [0.15, 0.2) is 4.99 Å². The Morgan fingerprint density at radius 1 is 1.21 bits per heavy atom. The molecule has 0 aliphatic heterocycles. The summed E-state index contributed by atoms with van der Waals surface area (Å²) in [4.78, 5) is 4.58. The largest absolute Gasteiger partial charge is 0.382 e. The number of hydrogen-bond donors (Lipinski definition) is 2. The second-order valence-electron chi connectivity index (χ2n) is 4.69. The summed E-state index contributed by atoms with van der Waals surface area (Å²) >= 11 is 1.82. The van der Waals surface area contributed by atoms with Crippen molar-refractivity contribution < 1.29 is 9.47 Å². The van der Waals surface area contributed by atoms with Crippen molar-refractivity contribution in [2.24, 2.45) is 4.99 Å². The number of methoxy groups -OCH3 is 1. The summed E-state index contributed by atoms with van der Waals surface area (Å²) in [6, 6.07) is 0. The summed E-state index contributed by atoms with van der Waals surface area (Å²) in [5.41, 5.74) is 0. The van der Waals surface area contributed by atoms with Gasteiger partial charge in [0.25, 0.3) is 0 Å². The number of nitrogens with zero attached hydrogens (tertiary/aromatic N) is 1. The van der Waals surface area contributed by atoms with Crippen LogP contribution in [0.25, 0.3) is 0 Å². The van der Waals surface area contributed by atoms with Gasteiger partial charge in [-0.3, -0.25) is 4.99 Å². The van der Waals surface area contributed by atoms with Crippen molar-refractivity contribution in [1.82, 2.24) is 10.6 Å². The van der Waals surface area contributed by atoms with Crippen molar-refractivity contribution >= 4 is 17.7 Å². The molecule has 19 heavy (non-hydrogen) atoms. The second kappa shape index (κ2) is 11.4. The lowest BCUT2D eigenvalue weighted by Crippen LogP contribution is -2.40. The molecule has 0 saturated heterocycles. The third-order valence-corrected chi connectivity index (χ3v) is 3.72. The molecule has 0 unspecified atom stereocenters. The molecule has 114 valence electrons. The Morgan fingerprint density at radius 3 is 2.53 bits per heavy atom. The molecule has 0 aromatic heterocycles. The minimum Gasteiger partial charge on any atom is -0.382 e. The van der Waals surface area contributed by atoms with Gasteiger partial charge in [-0.2, -0.15) is 11.8 Å². The fourth-order valence-electron chi connectivity index (χ4n) is 1.16. The van der Waals surface area contributed by atoms with Crippen LogP contribution in [0.2, 0.25) is 0 Å². The van der Waals surface area contributed by atoms with Crippen LogP contribution in [-0.2, 0) is 9.47 Å². The van der Waals surface area contributed by atoms with E-state index in [1.54, 1.807) is 7.11 Å². The van der Waals surface area contributed by atoms with Crippen molar-refractivity contribution in [3.05, 3.63) is 0 Å². The first kappa shape index (κ1) is 18.5. The van der Waals surface area contributed by atoms with E-state index in [1.165, 1.54) is 0 Å². The third kappa shape index (κ3) is 11.1. The van der Waals surface area contributed by atoms with Gasteiger partial charge in [-0.05, 0) is 27.0 Å². The monoisotopic (exact) mass is 291 g/mol. The number of thioether (sulfide) groups is 1. The predicted molar refractivity (Wildman–Crippen MR) is 84.3 cm³/mol. The molecular weight excluding hydrogens is 262 g/mol. The first-order valence-corrected chi connectivity index (χ1v) is 7.92. The van der Waals surface area contributed by atoms with Gasteiger partial charge < -0.3 is 20.1 Å². The first-order valence-electron chi connectivity index (χ1n) is 6.69. The highest BCUT2D eigenvalue weighted by Crippen LogP contribution is 2.20.